The topological polar surface area (TPSA) is 66.5 Å². The molecule has 0 aliphatic carbocycles. The first-order valence-corrected chi connectivity index (χ1v) is 5.80. The van der Waals surface area contributed by atoms with Crippen molar-refractivity contribution in [3.63, 3.8) is 0 Å². The molecule has 0 aliphatic rings. The number of hydrogen-bond donors (Lipinski definition) is 1. The molecule has 0 bridgehead atoms. The minimum atomic E-state index is 0.107. The molecule has 2 aromatic heterocycles. The first kappa shape index (κ1) is 11.8. The second-order valence-electron chi connectivity index (χ2n) is 3.90. The third kappa shape index (κ3) is 2.21. The Hall–Kier alpha value is -1.69. The van der Waals surface area contributed by atoms with Crippen molar-refractivity contribution < 1.29 is 5.11 Å². The van der Waals surface area contributed by atoms with Crippen LogP contribution in [0.15, 0.2) is 12.4 Å². The Labute approximate surface area is 99.9 Å². The van der Waals surface area contributed by atoms with Crippen LogP contribution in [0.2, 0.25) is 0 Å². The minimum Gasteiger partial charge on any atom is -0.395 e. The van der Waals surface area contributed by atoms with Crippen molar-refractivity contribution in [1.82, 2.24) is 19.6 Å². The lowest BCUT2D eigenvalue weighted by atomic mass is 10.4. The molecule has 0 unspecified atom stereocenters. The average Bonchev–Trinajstić information content (AvgIpc) is 2.71. The highest BCUT2D eigenvalue weighted by atomic mass is 16.3. The highest BCUT2D eigenvalue weighted by molar-refractivity contribution is 5.63. The van der Waals surface area contributed by atoms with Gasteiger partial charge in [0.1, 0.15) is 5.82 Å². The average molecular weight is 235 g/mol. The van der Waals surface area contributed by atoms with E-state index in [4.69, 9.17) is 5.11 Å². The monoisotopic (exact) mass is 235 g/mol. The fourth-order valence-electron chi connectivity index (χ4n) is 1.87. The molecule has 0 saturated carbocycles. The summed E-state index contributed by atoms with van der Waals surface area (Å²) in [4.78, 5) is 6.38. The van der Waals surface area contributed by atoms with Gasteiger partial charge in [-0.1, -0.05) is 6.92 Å². The zero-order valence-electron chi connectivity index (χ0n) is 10.2. The van der Waals surface area contributed by atoms with Gasteiger partial charge in [-0.2, -0.15) is 0 Å². The standard InChI is InChI=1S/C11H17N5O/c1-3-5-15(7-8-17)10-11-14-13-9(2)16(11)6-4-12-10/h4,6,17H,3,5,7-8H2,1-2H3. The normalized spacial score (nSPS) is 11.0. The van der Waals surface area contributed by atoms with E-state index >= 15 is 0 Å². The van der Waals surface area contributed by atoms with Gasteiger partial charge in [0.15, 0.2) is 5.82 Å². The highest BCUT2D eigenvalue weighted by Gasteiger charge is 2.13. The van der Waals surface area contributed by atoms with Crippen molar-refractivity contribution in [3.8, 4) is 0 Å². The molecule has 0 saturated heterocycles. The summed E-state index contributed by atoms with van der Waals surface area (Å²) in [6.07, 6.45) is 4.58. The molecule has 2 aromatic rings. The van der Waals surface area contributed by atoms with Gasteiger partial charge in [-0.25, -0.2) is 4.98 Å². The maximum absolute atomic E-state index is 9.09. The number of aliphatic hydroxyl groups is 1. The molecule has 92 valence electrons. The molecule has 0 aromatic carbocycles. The molecule has 0 fully saturated rings. The summed E-state index contributed by atoms with van der Waals surface area (Å²) in [6, 6.07) is 0. The predicted molar refractivity (Wildman–Crippen MR) is 65.1 cm³/mol. The van der Waals surface area contributed by atoms with Crippen LogP contribution in [0.1, 0.15) is 19.2 Å². The maximum atomic E-state index is 9.09. The Balaban J connectivity index is 2.44. The molecule has 6 heteroatoms. The van der Waals surface area contributed by atoms with E-state index in [1.165, 1.54) is 0 Å². The van der Waals surface area contributed by atoms with E-state index in [2.05, 4.69) is 22.1 Å². The molecule has 2 heterocycles. The molecule has 0 spiro atoms. The van der Waals surface area contributed by atoms with Gasteiger partial charge in [0.05, 0.1) is 6.61 Å². The second-order valence-corrected chi connectivity index (χ2v) is 3.90. The van der Waals surface area contributed by atoms with E-state index in [9.17, 15) is 0 Å². The number of anilines is 1. The van der Waals surface area contributed by atoms with Gasteiger partial charge < -0.3 is 10.0 Å². The lowest BCUT2D eigenvalue weighted by Gasteiger charge is -2.21. The smallest absolute Gasteiger partial charge is 0.203 e. The quantitative estimate of drug-likeness (QED) is 0.824. The van der Waals surface area contributed by atoms with E-state index in [0.717, 1.165) is 30.3 Å². The number of aliphatic hydroxyl groups excluding tert-OH is 1. The summed E-state index contributed by atoms with van der Waals surface area (Å²) < 4.78 is 1.91. The molecule has 0 amide bonds. The minimum absolute atomic E-state index is 0.107. The van der Waals surface area contributed by atoms with Crippen molar-refractivity contribution in [1.29, 1.82) is 0 Å². The number of aromatic nitrogens is 4. The van der Waals surface area contributed by atoms with E-state index in [-0.39, 0.29) is 6.61 Å². The van der Waals surface area contributed by atoms with Crippen molar-refractivity contribution in [2.45, 2.75) is 20.3 Å². The van der Waals surface area contributed by atoms with Crippen LogP contribution >= 0.6 is 0 Å². The fourth-order valence-corrected chi connectivity index (χ4v) is 1.87. The highest BCUT2D eigenvalue weighted by Crippen LogP contribution is 2.17. The van der Waals surface area contributed by atoms with Crippen molar-refractivity contribution in [3.05, 3.63) is 18.2 Å². The summed E-state index contributed by atoms with van der Waals surface area (Å²) in [5, 5.41) is 17.3. The van der Waals surface area contributed by atoms with E-state index in [1.54, 1.807) is 6.20 Å². The fraction of sp³-hybridized carbons (Fsp3) is 0.545. The zero-order chi connectivity index (χ0) is 12.3. The van der Waals surface area contributed by atoms with Gasteiger partial charge in [0.25, 0.3) is 0 Å². The molecule has 1 N–H and O–H groups in total. The molecule has 2 rings (SSSR count). The van der Waals surface area contributed by atoms with Gasteiger partial charge in [0, 0.05) is 25.5 Å². The Morgan fingerprint density at radius 3 is 2.88 bits per heavy atom. The predicted octanol–water partition coefficient (Wildman–Crippen LogP) is 0.641. The summed E-state index contributed by atoms with van der Waals surface area (Å²) in [5.41, 5.74) is 0.743. The Morgan fingerprint density at radius 2 is 2.18 bits per heavy atom. The van der Waals surface area contributed by atoms with Crippen LogP contribution in [0.4, 0.5) is 5.82 Å². The molecular formula is C11H17N5O. The summed E-state index contributed by atoms with van der Waals surface area (Å²) in [5.74, 6) is 1.62. The van der Waals surface area contributed by atoms with Crippen molar-refractivity contribution in [2.24, 2.45) is 0 Å². The molecule has 0 atom stereocenters. The Kier molecular flexibility index (Phi) is 3.53. The van der Waals surface area contributed by atoms with Gasteiger partial charge in [-0.05, 0) is 13.3 Å². The van der Waals surface area contributed by atoms with E-state index in [0.29, 0.717) is 6.54 Å². The SMILES string of the molecule is CCCN(CCO)c1nccn2c(C)nnc12. The van der Waals surface area contributed by atoms with E-state index < -0.39 is 0 Å². The Bertz CT molecular complexity index is 490. The number of fused-ring (bicyclic) bond motifs is 1. The molecule has 0 radical (unpaired) electrons. The number of hydrogen-bond acceptors (Lipinski definition) is 5. The lowest BCUT2D eigenvalue weighted by molar-refractivity contribution is 0.301. The first-order valence-electron chi connectivity index (χ1n) is 5.80. The molecule has 17 heavy (non-hydrogen) atoms. The number of aryl methyl sites for hydroxylation is 1. The van der Waals surface area contributed by atoms with Crippen LogP contribution in [0, 0.1) is 6.92 Å². The van der Waals surface area contributed by atoms with Crippen molar-refractivity contribution in [2.75, 3.05) is 24.6 Å². The van der Waals surface area contributed by atoms with Crippen LogP contribution in [0.25, 0.3) is 5.65 Å². The summed E-state index contributed by atoms with van der Waals surface area (Å²) in [7, 11) is 0. The molecule has 6 nitrogen and oxygen atoms in total. The van der Waals surface area contributed by atoms with Crippen molar-refractivity contribution >= 4 is 11.5 Å². The lowest BCUT2D eigenvalue weighted by Crippen LogP contribution is -2.28. The summed E-state index contributed by atoms with van der Waals surface area (Å²) >= 11 is 0. The van der Waals surface area contributed by atoms with Gasteiger partial charge in [-0.3, -0.25) is 4.40 Å². The van der Waals surface area contributed by atoms with Gasteiger partial charge >= 0.3 is 0 Å². The van der Waals surface area contributed by atoms with Crippen LogP contribution in [0.3, 0.4) is 0 Å². The van der Waals surface area contributed by atoms with Crippen LogP contribution in [0.5, 0.6) is 0 Å². The maximum Gasteiger partial charge on any atom is 0.203 e. The van der Waals surface area contributed by atoms with Crippen LogP contribution in [-0.2, 0) is 0 Å². The number of nitrogens with zero attached hydrogens (tertiary/aromatic N) is 5. The van der Waals surface area contributed by atoms with Gasteiger partial charge in [-0.15, -0.1) is 10.2 Å². The van der Waals surface area contributed by atoms with Crippen LogP contribution in [-0.4, -0.2) is 44.4 Å². The largest absolute Gasteiger partial charge is 0.395 e. The molecule has 0 aliphatic heterocycles. The van der Waals surface area contributed by atoms with Gasteiger partial charge in [0.2, 0.25) is 5.65 Å². The third-order valence-corrected chi connectivity index (χ3v) is 2.64. The summed E-state index contributed by atoms with van der Waals surface area (Å²) in [6.45, 7) is 5.51. The third-order valence-electron chi connectivity index (χ3n) is 2.64. The molecular weight excluding hydrogens is 218 g/mol. The van der Waals surface area contributed by atoms with E-state index in [1.807, 2.05) is 22.4 Å². The zero-order valence-corrected chi connectivity index (χ0v) is 10.2. The number of rotatable bonds is 5. The van der Waals surface area contributed by atoms with Crippen LogP contribution < -0.4 is 4.90 Å². The second kappa shape index (κ2) is 5.09. The Morgan fingerprint density at radius 1 is 1.35 bits per heavy atom. The first-order chi connectivity index (χ1) is 8.27.